The number of nitrogens with one attached hydrogen (secondary N) is 1. The summed E-state index contributed by atoms with van der Waals surface area (Å²) in [5.74, 6) is 0. The fourth-order valence-electron chi connectivity index (χ4n) is 3.37. The summed E-state index contributed by atoms with van der Waals surface area (Å²) in [7, 11) is 0. The van der Waals surface area contributed by atoms with Crippen LogP contribution in [0.15, 0.2) is 0 Å². The molecule has 1 amide bonds. The van der Waals surface area contributed by atoms with Gasteiger partial charge in [0.05, 0.1) is 6.10 Å². The fourth-order valence-corrected chi connectivity index (χ4v) is 3.37. The normalized spacial score (nSPS) is 29.1. The summed E-state index contributed by atoms with van der Waals surface area (Å²) < 4.78 is 5.30. The number of nitrogens with zero attached hydrogens (tertiary/aromatic N) is 1. The molecule has 0 spiro atoms. The highest BCUT2D eigenvalue weighted by Gasteiger charge is 2.32. The zero-order valence-corrected chi connectivity index (χ0v) is 13.6. The first-order valence-corrected chi connectivity index (χ1v) is 8.27. The second-order valence-corrected chi connectivity index (χ2v) is 7.38. The fraction of sp³-hybridized carbons (Fsp3) is 0.938. The minimum absolute atomic E-state index is 0.172. The van der Waals surface area contributed by atoms with Crippen LogP contribution in [0.4, 0.5) is 4.79 Å². The summed E-state index contributed by atoms with van der Waals surface area (Å²) in [6, 6.07) is 0.512. The Balaban J connectivity index is 1.74. The first kappa shape index (κ1) is 16.6. The molecule has 21 heavy (non-hydrogen) atoms. The summed E-state index contributed by atoms with van der Waals surface area (Å²) in [4.78, 5) is 14.2. The molecule has 0 aromatic rings. The average molecular weight is 298 g/mol. The standard InChI is InChI=1S/C16H30N2O3/c1-16(2,3)21-15(20)17-12-8-10-18(11-9-12)13-6-4-5-7-14(13)19/h12-14,19H,4-11H2,1-3H3,(H,17,20)/t13?,14-/m0/s1. The van der Waals surface area contributed by atoms with E-state index in [1.807, 2.05) is 20.8 Å². The van der Waals surface area contributed by atoms with Crippen LogP contribution < -0.4 is 5.32 Å². The lowest BCUT2D eigenvalue weighted by molar-refractivity contribution is 0.00518. The van der Waals surface area contributed by atoms with Gasteiger partial charge in [-0.2, -0.15) is 0 Å². The Bertz CT molecular complexity index is 346. The van der Waals surface area contributed by atoms with Crippen molar-refractivity contribution < 1.29 is 14.6 Å². The summed E-state index contributed by atoms with van der Waals surface area (Å²) in [5, 5.41) is 13.1. The lowest BCUT2D eigenvalue weighted by atomic mass is 9.89. The molecular weight excluding hydrogens is 268 g/mol. The van der Waals surface area contributed by atoms with Crippen LogP contribution in [0.2, 0.25) is 0 Å². The first-order valence-electron chi connectivity index (χ1n) is 8.27. The zero-order valence-electron chi connectivity index (χ0n) is 13.6. The summed E-state index contributed by atoms with van der Waals surface area (Å²) in [5.41, 5.74) is -0.447. The van der Waals surface area contributed by atoms with E-state index in [4.69, 9.17) is 4.74 Å². The van der Waals surface area contributed by atoms with Crippen molar-refractivity contribution in [2.75, 3.05) is 13.1 Å². The van der Waals surface area contributed by atoms with Crippen molar-refractivity contribution in [3.63, 3.8) is 0 Å². The van der Waals surface area contributed by atoms with E-state index in [0.29, 0.717) is 6.04 Å². The van der Waals surface area contributed by atoms with E-state index >= 15 is 0 Å². The topological polar surface area (TPSA) is 61.8 Å². The SMILES string of the molecule is CC(C)(C)OC(=O)NC1CCN(C2CCCC[C@@H]2O)CC1. The molecule has 2 rings (SSSR count). The number of carbonyl (C=O) groups excluding carboxylic acids is 1. The number of hydrogen-bond acceptors (Lipinski definition) is 4. The monoisotopic (exact) mass is 298 g/mol. The molecular formula is C16H30N2O3. The van der Waals surface area contributed by atoms with Crippen LogP contribution in [0.1, 0.15) is 59.3 Å². The van der Waals surface area contributed by atoms with Crippen molar-refractivity contribution in [2.45, 2.75) is 83.1 Å². The van der Waals surface area contributed by atoms with Gasteiger partial charge in [-0.15, -0.1) is 0 Å². The lowest BCUT2D eigenvalue weighted by Crippen LogP contribution is -2.52. The highest BCUT2D eigenvalue weighted by Crippen LogP contribution is 2.26. The molecule has 1 aliphatic carbocycles. The molecule has 1 saturated carbocycles. The summed E-state index contributed by atoms with van der Waals surface area (Å²) in [6.07, 6.45) is 5.77. The van der Waals surface area contributed by atoms with Crippen LogP contribution in [0.5, 0.6) is 0 Å². The predicted octanol–water partition coefficient (Wildman–Crippen LogP) is 2.28. The van der Waals surface area contributed by atoms with Crippen LogP contribution in [-0.4, -0.2) is 53.0 Å². The minimum atomic E-state index is -0.447. The van der Waals surface area contributed by atoms with Crippen LogP contribution in [0.25, 0.3) is 0 Å². The van der Waals surface area contributed by atoms with Gasteiger partial charge >= 0.3 is 6.09 Å². The lowest BCUT2D eigenvalue weighted by Gasteiger charge is -2.41. The quantitative estimate of drug-likeness (QED) is 0.821. The maximum Gasteiger partial charge on any atom is 0.407 e. The van der Waals surface area contributed by atoms with Crippen molar-refractivity contribution in [3.8, 4) is 0 Å². The van der Waals surface area contributed by atoms with Gasteiger partial charge in [-0.3, -0.25) is 4.90 Å². The number of hydrogen-bond donors (Lipinski definition) is 2. The largest absolute Gasteiger partial charge is 0.444 e. The van der Waals surface area contributed by atoms with E-state index < -0.39 is 5.60 Å². The van der Waals surface area contributed by atoms with Gasteiger partial charge in [0, 0.05) is 25.2 Å². The van der Waals surface area contributed by atoms with E-state index in [1.54, 1.807) is 0 Å². The van der Waals surface area contributed by atoms with E-state index in [1.165, 1.54) is 6.42 Å². The van der Waals surface area contributed by atoms with Gasteiger partial charge in [0.2, 0.25) is 0 Å². The third-order valence-corrected chi connectivity index (χ3v) is 4.41. The second kappa shape index (κ2) is 6.97. The Morgan fingerprint density at radius 1 is 1.14 bits per heavy atom. The molecule has 0 aromatic carbocycles. The molecule has 2 N–H and O–H groups in total. The average Bonchev–Trinajstić information content (AvgIpc) is 2.38. The van der Waals surface area contributed by atoms with Crippen molar-refractivity contribution >= 4 is 6.09 Å². The number of alkyl carbamates (subject to hydrolysis) is 1. The van der Waals surface area contributed by atoms with Gasteiger partial charge in [-0.1, -0.05) is 12.8 Å². The first-order chi connectivity index (χ1) is 9.85. The highest BCUT2D eigenvalue weighted by molar-refractivity contribution is 5.68. The summed E-state index contributed by atoms with van der Waals surface area (Å²) in [6.45, 7) is 7.52. The number of likely N-dealkylation sites (tertiary alicyclic amines) is 1. The van der Waals surface area contributed by atoms with E-state index in [0.717, 1.165) is 45.2 Å². The Kier molecular flexibility index (Phi) is 5.49. The molecule has 5 heteroatoms. The molecule has 1 saturated heterocycles. The Morgan fingerprint density at radius 2 is 1.76 bits per heavy atom. The number of piperidine rings is 1. The zero-order chi connectivity index (χ0) is 15.5. The van der Waals surface area contributed by atoms with Gasteiger partial charge in [0.1, 0.15) is 5.60 Å². The van der Waals surface area contributed by atoms with Crippen molar-refractivity contribution in [3.05, 3.63) is 0 Å². The molecule has 2 atom stereocenters. The molecule has 0 radical (unpaired) electrons. The van der Waals surface area contributed by atoms with E-state index in [2.05, 4.69) is 10.2 Å². The maximum absolute atomic E-state index is 11.8. The second-order valence-electron chi connectivity index (χ2n) is 7.38. The molecule has 5 nitrogen and oxygen atoms in total. The molecule has 1 unspecified atom stereocenters. The van der Waals surface area contributed by atoms with Crippen LogP contribution >= 0.6 is 0 Å². The number of aliphatic hydroxyl groups is 1. The smallest absolute Gasteiger partial charge is 0.407 e. The third-order valence-electron chi connectivity index (χ3n) is 4.41. The molecule has 1 heterocycles. The minimum Gasteiger partial charge on any atom is -0.444 e. The van der Waals surface area contributed by atoms with Gasteiger partial charge in [0.25, 0.3) is 0 Å². The van der Waals surface area contributed by atoms with Crippen molar-refractivity contribution in [2.24, 2.45) is 0 Å². The van der Waals surface area contributed by atoms with Crippen LogP contribution in [0, 0.1) is 0 Å². The Labute approximate surface area is 128 Å². The van der Waals surface area contributed by atoms with Gasteiger partial charge in [-0.25, -0.2) is 4.79 Å². The highest BCUT2D eigenvalue weighted by atomic mass is 16.6. The maximum atomic E-state index is 11.8. The molecule has 1 aliphatic heterocycles. The van der Waals surface area contributed by atoms with Gasteiger partial charge < -0.3 is 15.2 Å². The molecule has 122 valence electrons. The predicted molar refractivity (Wildman–Crippen MR) is 82.2 cm³/mol. The third kappa shape index (κ3) is 5.15. The molecule has 0 aromatic heterocycles. The van der Waals surface area contributed by atoms with Gasteiger partial charge in [-0.05, 0) is 46.5 Å². The van der Waals surface area contributed by atoms with Crippen LogP contribution in [-0.2, 0) is 4.74 Å². The summed E-state index contributed by atoms with van der Waals surface area (Å²) >= 11 is 0. The number of ether oxygens (including phenoxy) is 1. The van der Waals surface area contributed by atoms with Gasteiger partial charge in [0.15, 0.2) is 0 Å². The number of amides is 1. The van der Waals surface area contributed by atoms with Crippen molar-refractivity contribution in [1.82, 2.24) is 10.2 Å². The molecule has 2 aliphatic rings. The molecule has 2 fully saturated rings. The Morgan fingerprint density at radius 3 is 2.33 bits per heavy atom. The number of rotatable bonds is 2. The number of aliphatic hydroxyl groups excluding tert-OH is 1. The Hall–Kier alpha value is -0.810. The number of carbonyl (C=O) groups is 1. The van der Waals surface area contributed by atoms with Crippen LogP contribution in [0.3, 0.4) is 0 Å². The molecule has 0 bridgehead atoms. The van der Waals surface area contributed by atoms with E-state index in [9.17, 15) is 9.90 Å². The van der Waals surface area contributed by atoms with Crippen molar-refractivity contribution in [1.29, 1.82) is 0 Å². The van der Waals surface area contributed by atoms with E-state index in [-0.39, 0.29) is 18.2 Å².